The van der Waals surface area contributed by atoms with Crippen LogP contribution in [0.15, 0.2) is 54.6 Å². The first-order chi connectivity index (χ1) is 9.79. The molecule has 2 aromatic carbocycles. The van der Waals surface area contributed by atoms with Crippen molar-refractivity contribution in [2.24, 2.45) is 5.73 Å². The molecule has 2 aromatic rings. The Morgan fingerprint density at radius 2 is 1.85 bits per heavy atom. The summed E-state index contributed by atoms with van der Waals surface area (Å²) >= 11 is 0. The van der Waals surface area contributed by atoms with Gasteiger partial charge in [-0.3, -0.25) is 0 Å². The molecule has 0 aliphatic carbocycles. The number of unbranched alkanes of at least 4 members (excludes halogenated alkanes) is 1. The van der Waals surface area contributed by atoms with Crippen molar-refractivity contribution < 1.29 is 4.74 Å². The zero-order chi connectivity index (χ0) is 14.2. The summed E-state index contributed by atoms with van der Waals surface area (Å²) in [6.07, 6.45) is 3.37. The minimum atomic E-state index is 0.107. The van der Waals surface area contributed by atoms with Crippen LogP contribution >= 0.6 is 0 Å². The van der Waals surface area contributed by atoms with Crippen molar-refractivity contribution in [1.82, 2.24) is 0 Å². The highest BCUT2D eigenvalue weighted by Gasteiger charge is 2.06. The summed E-state index contributed by atoms with van der Waals surface area (Å²) in [6.45, 7) is 2.78. The van der Waals surface area contributed by atoms with Gasteiger partial charge in [0.05, 0.1) is 0 Å². The highest BCUT2D eigenvalue weighted by Crippen LogP contribution is 2.22. The molecule has 1 unspecified atom stereocenters. The van der Waals surface area contributed by atoms with Crippen LogP contribution in [0.3, 0.4) is 0 Å². The Hall–Kier alpha value is -1.80. The standard InChI is InChI=1S/C18H23NO/c1-2-3-12-18(19)16-10-7-11-17(13-16)20-14-15-8-5-4-6-9-15/h4-11,13,18H,2-3,12,14,19H2,1H3. The molecule has 2 heteroatoms. The second kappa shape index (κ2) is 7.71. The summed E-state index contributed by atoms with van der Waals surface area (Å²) in [5, 5.41) is 0. The molecule has 0 amide bonds. The van der Waals surface area contributed by atoms with Crippen molar-refractivity contribution in [2.75, 3.05) is 0 Å². The van der Waals surface area contributed by atoms with Crippen LogP contribution in [-0.4, -0.2) is 0 Å². The largest absolute Gasteiger partial charge is 0.489 e. The lowest BCUT2D eigenvalue weighted by molar-refractivity contribution is 0.305. The predicted octanol–water partition coefficient (Wildman–Crippen LogP) is 4.46. The van der Waals surface area contributed by atoms with Gasteiger partial charge in [0.1, 0.15) is 12.4 Å². The third kappa shape index (κ3) is 4.39. The van der Waals surface area contributed by atoms with Crippen molar-refractivity contribution >= 4 is 0 Å². The van der Waals surface area contributed by atoms with Gasteiger partial charge in [0.2, 0.25) is 0 Å². The normalized spacial score (nSPS) is 12.1. The van der Waals surface area contributed by atoms with Gasteiger partial charge in [0, 0.05) is 6.04 Å². The van der Waals surface area contributed by atoms with Crippen LogP contribution in [-0.2, 0) is 6.61 Å². The summed E-state index contributed by atoms with van der Waals surface area (Å²) in [4.78, 5) is 0. The van der Waals surface area contributed by atoms with Crippen molar-refractivity contribution in [1.29, 1.82) is 0 Å². The van der Waals surface area contributed by atoms with E-state index in [1.807, 2.05) is 30.3 Å². The van der Waals surface area contributed by atoms with E-state index in [1.54, 1.807) is 0 Å². The highest BCUT2D eigenvalue weighted by molar-refractivity contribution is 5.30. The maximum Gasteiger partial charge on any atom is 0.120 e. The molecule has 106 valence electrons. The molecule has 0 spiro atoms. The van der Waals surface area contributed by atoms with E-state index in [9.17, 15) is 0 Å². The quantitative estimate of drug-likeness (QED) is 0.805. The molecule has 0 radical (unpaired) electrons. The van der Waals surface area contributed by atoms with Gasteiger partial charge in [-0.15, -0.1) is 0 Å². The van der Waals surface area contributed by atoms with E-state index < -0.39 is 0 Å². The fourth-order valence-electron chi connectivity index (χ4n) is 2.17. The van der Waals surface area contributed by atoms with E-state index in [4.69, 9.17) is 10.5 Å². The summed E-state index contributed by atoms with van der Waals surface area (Å²) in [7, 11) is 0. The summed E-state index contributed by atoms with van der Waals surface area (Å²) in [5.74, 6) is 0.887. The van der Waals surface area contributed by atoms with Gasteiger partial charge in [0.15, 0.2) is 0 Å². The van der Waals surface area contributed by atoms with Crippen molar-refractivity contribution in [3.8, 4) is 5.75 Å². The highest BCUT2D eigenvalue weighted by atomic mass is 16.5. The number of rotatable bonds is 7. The second-order valence-corrected chi connectivity index (χ2v) is 5.10. The van der Waals surface area contributed by atoms with Crippen LogP contribution in [0.1, 0.15) is 43.4 Å². The fourth-order valence-corrected chi connectivity index (χ4v) is 2.17. The first kappa shape index (κ1) is 14.6. The lowest BCUT2D eigenvalue weighted by atomic mass is 10.0. The molecule has 0 aliphatic heterocycles. The van der Waals surface area contributed by atoms with Crippen LogP contribution in [0.4, 0.5) is 0 Å². The smallest absolute Gasteiger partial charge is 0.120 e. The van der Waals surface area contributed by atoms with Crippen molar-refractivity contribution in [2.45, 2.75) is 38.8 Å². The first-order valence-corrected chi connectivity index (χ1v) is 7.32. The molecule has 0 saturated carbocycles. The molecular weight excluding hydrogens is 246 g/mol. The molecular formula is C18H23NO. The van der Waals surface area contributed by atoms with Crippen molar-refractivity contribution in [3.63, 3.8) is 0 Å². The second-order valence-electron chi connectivity index (χ2n) is 5.10. The molecule has 20 heavy (non-hydrogen) atoms. The molecule has 0 aromatic heterocycles. The van der Waals surface area contributed by atoms with E-state index in [-0.39, 0.29) is 6.04 Å². The van der Waals surface area contributed by atoms with Gasteiger partial charge in [-0.1, -0.05) is 62.2 Å². The fraction of sp³-hybridized carbons (Fsp3) is 0.333. The van der Waals surface area contributed by atoms with E-state index in [0.29, 0.717) is 6.61 Å². The Balaban J connectivity index is 1.95. The summed E-state index contributed by atoms with van der Waals surface area (Å²) in [6, 6.07) is 18.4. The van der Waals surface area contributed by atoms with Crippen LogP contribution in [0.2, 0.25) is 0 Å². The first-order valence-electron chi connectivity index (χ1n) is 7.32. The maximum atomic E-state index is 6.20. The molecule has 2 rings (SSSR count). The van der Waals surface area contributed by atoms with Crippen LogP contribution in [0.25, 0.3) is 0 Å². The molecule has 0 saturated heterocycles. The molecule has 1 atom stereocenters. The lowest BCUT2D eigenvalue weighted by Crippen LogP contribution is -2.10. The molecule has 0 aliphatic rings. The molecule has 2 N–H and O–H groups in total. The summed E-state index contributed by atoms with van der Waals surface area (Å²) in [5.41, 5.74) is 8.53. The number of hydrogen-bond acceptors (Lipinski definition) is 2. The van der Waals surface area contributed by atoms with E-state index >= 15 is 0 Å². The molecule has 0 fully saturated rings. The average Bonchev–Trinajstić information content (AvgIpc) is 2.52. The van der Waals surface area contributed by atoms with E-state index in [2.05, 4.69) is 31.2 Å². The predicted molar refractivity (Wildman–Crippen MR) is 83.7 cm³/mol. The molecule has 0 heterocycles. The van der Waals surface area contributed by atoms with Gasteiger partial charge < -0.3 is 10.5 Å². The number of hydrogen-bond donors (Lipinski definition) is 1. The Bertz CT molecular complexity index is 510. The summed E-state index contributed by atoms with van der Waals surface area (Å²) < 4.78 is 5.83. The number of nitrogens with two attached hydrogens (primary N) is 1. The van der Waals surface area contributed by atoms with Gasteiger partial charge in [-0.25, -0.2) is 0 Å². The monoisotopic (exact) mass is 269 g/mol. The third-order valence-corrected chi connectivity index (χ3v) is 3.40. The molecule has 2 nitrogen and oxygen atoms in total. The van der Waals surface area contributed by atoms with Crippen LogP contribution in [0.5, 0.6) is 5.75 Å². The maximum absolute atomic E-state index is 6.20. The zero-order valence-corrected chi connectivity index (χ0v) is 12.1. The third-order valence-electron chi connectivity index (χ3n) is 3.40. The Labute approximate surface area is 121 Å². The van der Waals surface area contributed by atoms with E-state index in [1.165, 1.54) is 12.0 Å². The van der Waals surface area contributed by atoms with Gasteiger partial charge >= 0.3 is 0 Å². The number of benzene rings is 2. The SMILES string of the molecule is CCCCC(N)c1cccc(OCc2ccccc2)c1. The lowest BCUT2D eigenvalue weighted by Gasteiger charge is -2.13. The Kier molecular flexibility index (Phi) is 5.63. The van der Waals surface area contributed by atoms with E-state index in [0.717, 1.165) is 24.2 Å². The average molecular weight is 269 g/mol. The van der Waals surface area contributed by atoms with Gasteiger partial charge in [-0.05, 0) is 29.7 Å². The minimum absolute atomic E-state index is 0.107. The van der Waals surface area contributed by atoms with Crippen molar-refractivity contribution in [3.05, 3.63) is 65.7 Å². The zero-order valence-electron chi connectivity index (χ0n) is 12.1. The Morgan fingerprint density at radius 3 is 2.60 bits per heavy atom. The van der Waals surface area contributed by atoms with Gasteiger partial charge in [0.25, 0.3) is 0 Å². The van der Waals surface area contributed by atoms with Crippen LogP contribution < -0.4 is 10.5 Å². The topological polar surface area (TPSA) is 35.2 Å². The number of ether oxygens (including phenoxy) is 1. The molecule has 0 bridgehead atoms. The van der Waals surface area contributed by atoms with Gasteiger partial charge in [-0.2, -0.15) is 0 Å². The Morgan fingerprint density at radius 1 is 1.05 bits per heavy atom. The minimum Gasteiger partial charge on any atom is -0.489 e. The van der Waals surface area contributed by atoms with Crippen LogP contribution in [0, 0.1) is 0 Å².